The molecule has 0 atom stereocenters. The van der Waals surface area contributed by atoms with Gasteiger partial charge in [-0.25, -0.2) is 4.98 Å². The van der Waals surface area contributed by atoms with Gasteiger partial charge in [0.15, 0.2) is 0 Å². The first kappa shape index (κ1) is 15.1. The SMILES string of the molecule is CNCC#Cc1ccc(B2OC(C)(C)C(C)(C)O2)cn1. The number of hydrogen-bond acceptors (Lipinski definition) is 4. The van der Waals surface area contributed by atoms with Crippen molar-refractivity contribution in [2.24, 2.45) is 0 Å². The fourth-order valence-corrected chi connectivity index (χ4v) is 1.82. The van der Waals surface area contributed by atoms with Crippen molar-refractivity contribution in [1.82, 2.24) is 10.3 Å². The van der Waals surface area contributed by atoms with Crippen molar-refractivity contribution in [1.29, 1.82) is 0 Å². The van der Waals surface area contributed by atoms with Crippen LogP contribution in [-0.2, 0) is 9.31 Å². The van der Waals surface area contributed by atoms with E-state index in [0.29, 0.717) is 6.54 Å². The van der Waals surface area contributed by atoms with Crippen LogP contribution in [0.25, 0.3) is 0 Å². The Kier molecular flexibility index (Phi) is 4.19. The highest BCUT2D eigenvalue weighted by Crippen LogP contribution is 2.36. The minimum absolute atomic E-state index is 0.330. The highest BCUT2D eigenvalue weighted by atomic mass is 16.7. The van der Waals surface area contributed by atoms with Crippen LogP contribution >= 0.6 is 0 Å². The third-order valence-electron chi connectivity index (χ3n) is 3.79. The zero-order valence-corrected chi connectivity index (χ0v) is 12.8. The van der Waals surface area contributed by atoms with Gasteiger partial charge in [-0.15, -0.1) is 0 Å². The summed E-state index contributed by atoms with van der Waals surface area (Å²) < 4.78 is 12.0. The average Bonchev–Trinajstić information content (AvgIpc) is 2.60. The first-order valence-electron chi connectivity index (χ1n) is 6.81. The number of nitrogens with zero attached hydrogens (tertiary/aromatic N) is 1. The van der Waals surface area contributed by atoms with Gasteiger partial charge in [-0.2, -0.15) is 0 Å². The maximum absolute atomic E-state index is 5.98. The van der Waals surface area contributed by atoms with Crippen LogP contribution in [0.1, 0.15) is 33.4 Å². The van der Waals surface area contributed by atoms with E-state index in [4.69, 9.17) is 9.31 Å². The Morgan fingerprint density at radius 1 is 1.20 bits per heavy atom. The monoisotopic (exact) mass is 272 g/mol. The predicted octanol–water partition coefficient (Wildman–Crippen LogP) is 0.952. The summed E-state index contributed by atoms with van der Waals surface area (Å²) in [5.41, 5.74) is 1.01. The molecule has 4 nitrogen and oxygen atoms in total. The Balaban J connectivity index is 2.11. The van der Waals surface area contributed by atoms with E-state index in [-0.39, 0.29) is 18.3 Å². The molecule has 0 radical (unpaired) electrons. The van der Waals surface area contributed by atoms with Gasteiger partial charge in [0.1, 0.15) is 5.69 Å². The van der Waals surface area contributed by atoms with Crippen molar-refractivity contribution in [2.75, 3.05) is 13.6 Å². The topological polar surface area (TPSA) is 43.4 Å². The van der Waals surface area contributed by atoms with Gasteiger partial charge in [0.25, 0.3) is 0 Å². The fraction of sp³-hybridized carbons (Fsp3) is 0.533. The summed E-state index contributed by atoms with van der Waals surface area (Å²) in [6.07, 6.45) is 1.77. The maximum Gasteiger partial charge on any atom is 0.496 e. The summed E-state index contributed by atoms with van der Waals surface area (Å²) >= 11 is 0. The predicted molar refractivity (Wildman–Crippen MR) is 80.8 cm³/mol. The minimum Gasteiger partial charge on any atom is -0.399 e. The molecule has 0 aromatic carbocycles. The second kappa shape index (κ2) is 5.57. The molecule has 1 fully saturated rings. The summed E-state index contributed by atoms with van der Waals surface area (Å²) in [6, 6.07) is 3.85. The van der Waals surface area contributed by atoms with E-state index >= 15 is 0 Å². The van der Waals surface area contributed by atoms with Crippen LogP contribution in [0.4, 0.5) is 0 Å². The van der Waals surface area contributed by atoms with Gasteiger partial charge in [0.2, 0.25) is 0 Å². The average molecular weight is 272 g/mol. The van der Waals surface area contributed by atoms with E-state index < -0.39 is 0 Å². The molecule has 0 unspecified atom stereocenters. The highest BCUT2D eigenvalue weighted by molar-refractivity contribution is 6.62. The molecule has 1 aromatic heterocycles. The lowest BCUT2D eigenvalue weighted by molar-refractivity contribution is 0.00578. The van der Waals surface area contributed by atoms with Crippen LogP contribution in [0.3, 0.4) is 0 Å². The molecular weight excluding hydrogens is 251 g/mol. The smallest absolute Gasteiger partial charge is 0.399 e. The van der Waals surface area contributed by atoms with Crippen LogP contribution in [-0.4, -0.2) is 36.9 Å². The lowest BCUT2D eigenvalue weighted by Gasteiger charge is -2.32. The van der Waals surface area contributed by atoms with Gasteiger partial charge in [-0.05, 0) is 46.7 Å². The molecule has 1 saturated heterocycles. The molecule has 0 saturated carbocycles. The third kappa shape index (κ3) is 3.04. The Morgan fingerprint density at radius 2 is 1.85 bits per heavy atom. The second-order valence-electron chi connectivity index (χ2n) is 5.90. The molecule has 0 spiro atoms. The van der Waals surface area contributed by atoms with E-state index in [1.54, 1.807) is 6.20 Å². The molecule has 106 valence electrons. The first-order chi connectivity index (χ1) is 9.36. The summed E-state index contributed by atoms with van der Waals surface area (Å²) in [4.78, 5) is 4.33. The first-order valence-corrected chi connectivity index (χ1v) is 6.81. The van der Waals surface area contributed by atoms with E-state index in [1.807, 2.05) is 46.9 Å². The summed E-state index contributed by atoms with van der Waals surface area (Å²) in [7, 11) is 1.50. The van der Waals surface area contributed by atoms with Crippen molar-refractivity contribution in [3.63, 3.8) is 0 Å². The fourth-order valence-electron chi connectivity index (χ4n) is 1.82. The highest BCUT2D eigenvalue weighted by Gasteiger charge is 2.51. The molecule has 0 amide bonds. The van der Waals surface area contributed by atoms with Crippen LogP contribution in [0.15, 0.2) is 18.3 Å². The zero-order chi connectivity index (χ0) is 14.8. The van der Waals surface area contributed by atoms with E-state index in [2.05, 4.69) is 22.1 Å². The quantitative estimate of drug-likeness (QED) is 0.643. The van der Waals surface area contributed by atoms with E-state index in [0.717, 1.165) is 11.2 Å². The largest absolute Gasteiger partial charge is 0.496 e. The van der Waals surface area contributed by atoms with Gasteiger partial charge in [0.05, 0.1) is 17.7 Å². The standard InChI is InChI=1S/C15H21BN2O2/c1-14(2)15(3,4)20-16(19-14)12-8-9-13(18-11-12)7-6-10-17-5/h8-9,11,17H,10H2,1-5H3. The van der Waals surface area contributed by atoms with Crippen molar-refractivity contribution in [2.45, 2.75) is 38.9 Å². The molecule has 2 rings (SSSR count). The van der Waals surface area contributed by atoms with Gasteiger partial charge in [-0.3, -0.25) is 0 Å². The number of rotatable bonds is 2. The van der Waals surface area contributed by atoms with Crippen LogP contribution in [0.2, 0.25) is 0 Å². The summed E-state index contributed by atoms with van der Waals surface area (Å²) in [6.45, 7) is 8.81. The van der Waals surface area contributed by atoms with Gasteiger partial charge in [0, 0.05) is 11.7 Å². The Hall–Kier alpha value is -1.35. The maximum atomic E-state index is 5.98. The Bertz CT molecular complexity index is 513. The Labute approximate surface area is 121 Å². The van der Waals surface area contributed by atoms with Gasteiger partial charge in [-0.1, -0.05) is 12.0 Å². The molecule has 1 aliphatic heterocycles. The molecule has 20 heavy (non-hydrogen) atoms. The molecule has 0 aliphatic carbocycles. The van der Waals surface area contributed by atoms with Crippen LogP contribution in [0.5, 0.6) is 0 Å². The van der Waals surface area contributed by atoms with E-state index in [9.17, 15) is 0 Å². The van der Waals surface area contributed by atoms with Crippen LogP contribution < -0.4 is 10.8 Å². The molecule has 1 aliphatic rings. The molecule has 5 heteroatoms. The molecule has 1 aromatic rings. The summed E-state index contributed by atoms with van der Waals surface area (Å²) in [5, 5.41) is 2.97. The van der Waals surface area contributed by atoms with Crippen molar-refractivity contribution >= 4 is 12.6 Å². The van der Waals surface area contributed by atoms with E-state index in [1.165, 1.54) is 0 Å². The van der Waals surface area contributed by atoms with Crippen molar-refractivity contribution in [3.8, 4) is 11.8 Å². The number of aromatic nitrogens is 1. The van der Waals surface area contributed by atoms with Crippen molar-refractivity contribution < 1.29 is 9.31 Å². The molecular formula is C15H21BN2O2. The number of nitrogens with one attached hydrogen (secondary N) is 1. The van der Waals surface area contributed by atoms with Crippen molar-refractivity contribution in [3.05, 3.63) is 24.0 Å². The lowest BCUT2D eigenvalue weighted by atomic mass is 9.80. The third-order valence-corrected chi connectivity index (χ3v) is 3.79. The Morgan fingerprint density at radius 3 is 2.35 bits per heavy atom. The second-order valence-corrected chi connectivity index (χ2v) is 5.90. The zero-order valence-electron chi connectivity index (χ0n) is 12.8. The molecule has 1 N–H and O–H groups in total. The normalized spacial score (nSPS) is 19.6. The van der Waals surface area contributed by atoms with Crippen LogP contribution in [0, 0.1) is 11.8 Å². The lowest BCUT2D eigenvalue weighted by Crippen LogP contribution is -2.41. The molecule has 2 heterocycles. The van der Waals surface area contributed by atoms with Gasteiger partial charge < -0.3 is 14.6 Å². The van der Waals surface area contributed by atoms with Gasteiger partial charge >= 0.3 is 7.12 Å². The molecule has 0 bridgehead atoms. The number of hydrogen-bond donors (Lipinski definition) is 1. The summed E-state index contributed by atoms with van der Waals surface area (Å²) in [5.74, 6) is 5.97. The minimum atomic E-state index is -0.369. The number of pyridine rings is 1.